The molecular formula is C11H13FO2. The van der Waals surface area contributed by atoms with E-state index in [-0.39, 0.29) is 17.6 Å². The van der Waals surface area contributed by atoms with E-state index in [9.17, 15) is 4.39 Å². The lowest BCUT2D eigenvalue weighted by atomic mass is 10.3. The van der Waals surface area contributed by atoms with Crippen LogP contribution in [0.4, 0.5) is 4.39 Å². The van der Waals surface area contributed by atoms with Gasteiger partial charge in [0.2, 0.25) is 5.82 Å². The summed E-state index contributed by atoms with van der Waals surface area (Å²) in [6.07, 6.45) is 4.37. The van der Waals surface area contributed by atoms with Crippen LogP contribution in [-0.4, -0.2) is 11.2 Å². The summed E-state index contributed by atoms with van der Waals surface area (Å²) >= 11 is 0. The van der Waals surface area contributed by atoms with Gasteiger partial charge in [-0.3, -0.25) is 0 Å². The third-order valence-electron chi connectivity index (χ3n) is 2.54. The van der Waals surface area contributed by atoms with Gasteiger partial charge in [-0.2, -0.15) is 4.39 Å². The highest BCUT2D eigenvalue weighted by Crippen LogP contribution is 2.29. The summed E-state index contributed by atoms with van der Waals surface area (Å²) in [5, 5.41) is 9.12. The van der Waals surface area contributed by atoms with Crippen molar-refractivity contribution in [1.82, 2.24) is 0 Å². The molecule has 0 unspecified atom stereocenters. The maximum atomic E-state index is 13.3. The average Bonchev–Trinajstić information content (AvgIpc) is 2.66. The molecule has 3 heteroatoms. The number of aromatic hydroxyl groups is 1. The van der Waals surface area contributed by atoms with Crippen LogP contribution in [0.5, 0.6) is 11.5 Å². The monoisotopic (exact) mass is 196 g/mol. The van der Waals surface area contributed by atoms with Crippen LogP contribution >= 0.6 is 0 Å². The Hall–Kier alpha value is -1.25. The quantitative estimate of drug-likeness (QED) is 0.788. The lowest BCUT2D eigenvalue weighted by molar-refractivity contribution is 0.198. The van der Waals surface area contributed by atoms with Gasteiger partial charge in [0.1, 0.15) is 0 Å². The van der Waals surface area contributed by atoms with E-state index in [1.165, 1.54) is 6.07 Å². The predicted octanol–water partition coefficient (Wildman–Crippen LogP) is 2.85. The molecule has 0 heterocycles. The van der Waals surface area contributed by atoms with Crippen molar-refractivity contribution in [2.75, 3.05) is 0 Å². The Morgan fingerprint density at radius 2 is 2.00 bits per heavy atom. The smallest absolute Gasteiger partial charge is 0.206 e. The van der Waals surface area contributed by atoms with Gasteiger partial charge in [-0.1, -0.05) is 6.07 Å². The maximum absolute atomic E-state index is 13.3. The summed E-state index contributed by atoms with van der Waals surface area (Å²) in [5.41, 5.74) is 0. The zero-order valence-electron chi connectivity index (χ0n) is 7.87. The van der Waals surface area contributed by atoms with Gasteiger partial charge in [0.15, 0.2) is 11.5 Å². The first kappa shape index (κ1) is 9.31. The molecule has 0 amide bonds. The topological polar surface area (TPSA) is 29.5 Å². The Balaban J connectivity index is 2.11. The molecule has 1 N–H and O–H groups in total. The number of rotatable bonds is 2. The standard InChI is InChI=1S/C11H13FO2/c12-11-9(13)6-3-7-10(11)14-8-4-1-2-5-8/h3,6-8,13H,1-2,4-5H2. The molecule has 1 aromatic carbocycles. The molecule has 1 saturated carbocycles. The molecule has 0 atom stereocenters. The third-order valence-corrected chi connectivity index (χ3v) is 2.54. The SMILES string of the molecule is Oc1cccc(OC2CCCC2)c1F. The van der Waals surface area contributed by atoms with Crippen molar-refractivity contribution >= 4 is 0 Å². The zero-order chi connectivity index (χ0) is 9.97. The van der Waals surface area contributed by atoms with Gasteiger partial charge < -0.3 is 9.84 Å². The van der Waals surface area contributed by atoms with Crippen molar-refractivity contribution in [2.24, 2.45) is 0 Å². The van der Waals surface area contributed by atoms with Crippen LogP contribution < -0.4 is 4.74 Å². The Morgan fingerprint density at radius 1 is 1.29 bits per heavy atom. The van der Waals surface area contributed by atoms with E-state index in [1.54, 1.807) is 12.1 Å². The molecule has 1 aromatic rings. The largest absolute Gasteiger partial charge is 0.505 e. The van der Waals surface area contributed by atoms with E-state index in [2.05, 4.69) is 0 Å². The molecule has 0 aliphatic heterocycles. The van der Waals surface area contributed by atoms with E-state index in [0.717, 1.165) is 25.7 Å². The van der Waals surface area contributed by atoms with Crippen LogP contribution in [0, 0.1) is 5.82 Å². The molecular weight excluding hydrogens is 183 g/mol. The van der Waals surface area contributed by atoms with Crippen LogP contribution in [0.3, 0.4) is 0 Å². The normalized spacial score (nSPS) is 17.2. The molecule has 14 heavy (non-hydrogen) atoms. The van der Waals surface area contributed by atoms with E-state index in [4.69, 9.17) is 9.84 Å². The summed E-state index contributed by atoms with van der Waals surface area (Å²) in [6, 6.07) is 4.45. The van der Waals surface area contributed by atoms with E-state index >= 15 is 0 Å². The van der Waals surface area contributed by atoms with Crippen LogP contribution in [0.15, 0.2) is 18.2 Å². The molecule has 1 aliphatic carbocycles. The minimum absolute atomic E-state index is 0.117. The average molecular weight is 196 g/mol. The highest BCUT2D eigenvalue weighted by atomic mass is 19.1. The molecule has 2 rings (SSSR count). The number of ether oxygens (including phenoxy) is 1. The van der Waals surface area contributed by atoms with Gasteiger partial charge in [-0.25, -0.2) is 0 Å². The molecule has 0 aromatic heterocycles. The predicted molar refractivity (Wildman–Crippen MR) is 50.9 cm³/mol. The summed E-state index contributed by atoms with van der Waals surface area (Å²) in [7, 11) is 0. The Morgan fingerprint density at radius 3 is 2.71 bits per heavy atom. The molecule has 0 radical (unpaired) electrons. The molecule has 0 bridgehead atoms. The number of phenols is 1. The first-order valence-corrected chi connectivity index (χ1v) is 4.91. The number of hydrogen-bond acceptors (Lipinski definition) is 2. The van der Waals surface area contributed by atoms with Crippen molar-refractivity contribution in [3.8, 4) is 11.5 Å². The van der Waals surface area contributed by atoms with Gasteiger partial charge in [0, 0.05) is 0 Å². The van der Waals surface area contributed by atoms with Crippen LogP contribution in [0.1, 0.15) is 25.7 Å². The second-order valence-electron chi connectivity index (χ2n) is 3.61. The molecule has 0 saturated heterocycles. The van der Waals surface area contributed by atoms with Crippen molar-refractivity contribution in [1.29, 1.82) is 0 Å². The van der Waals surface area contributed by atoms with Gasteiger partial charge in [-0.15, -0.1) is 0 Å². The maximum Gasteiger partial charge on any atom is 0.206 e. The fourth-order valence-electron chi connectivity index (χ4n) is 1.78. The Labute approximate surface area is 82.3 Å². The second kappa shape index (κ2) is 3.86. The molecule has 1 aliphatic rings. The Bertz CT molecular complexity index is 319. The number of hydrogen-bond donors (Lipinski definition) is 1. The lowest BCUT2D eigenvalue weighted by Gasteiger charge is -2.13. The zero-order valence-corrected chi connectivity index (χ0v) is 7.87. The van der Waals surface area contributed by atoms with Crippen LogP contribution in [0.25, 0.3) is 0 Å². The number of benzene rings is 1. The summed E-state index contributed by atoms with van der Waals surface area (Å²) in [4.78, 5) is 0. The first-order chi connectivity index (χ1) is 6.77. The summed E-state index contributed by atoms with van der Waals surface area (Å²) in [6.45, 7) is 0. The van der Waals surface area contributed by atoms with E-state index in [1.807, 2.05) is 0 Å². The van der Waals surface area contributed by atoms with Crippen molar-refractivity contribution < 1.29 is 14.2 Å². The summed E-state index contributed by atoms with van der Waals surface area (Å²) in [5.74, 6) is -0.836. The van der Waals surface area contributed by atoms with Crippen molar-refractivity contribution in [3.05, 3.63) is 24.0 Å². The first-order valence-electron chi connectivity index (χ1n) is 4.91. The molecule has 1 fully saturated rings. The number of phenolic OH excluding ortho intramolecular Hbond substituents is 1. The van der Waals surface area contributed by atoms with E-state index < -0.39 is 5.82 Å². The fourth-order valence-corrected chi connectivity index (χ4v) is 1.78. The van der Waals surface area contributed by atoms with Gasteiger partial charge in [-0.05, 0) is 37.8 Å². The van der Waals surface area contributed by atoms with Gasteiger partial charge >= 0.3 is 0 Å². The van der Waals surface area contributed by atoms with Crippen LogP contribution in [0.2, 0.25) is 0 Å². The van der Waals surface area contributed by atoms with Crippen molar-refractivity contribution in [2.45, 2.75) is 31.8 Å². The number of halogens is 1. The van der Waals surface area contributed by atoms with Crippen molar-refractivity contribution in [3.63, 3.8) is 0 Å². The molecule has 0 spiro atoms. The minimum atomic E-state index is -0.653. The highest BCUT2D eigenvalue weighted by molar-refractivity contribution is 5.34. The third kappa shape index (κ3) is 1.81. The molecule has 2 nitrogen and oxygen atoms in total. The van der Waals surface area contributed by atoms with Gasteiger partial charge in [0.05, 0.1) is 6.10 Å². The fraction of sp³-hybridized carbons (Fsp3) is 0.455. The van der Waals surface area contributed by atoms with E-state index in [0.29, 0.717) is 0 Å². The molecule has 76 valence electrons. The Kier molecular flexibility index (Phi) is 2.57. The lowest BCUT2D eigenvalue weighted by Crippen LogP contribution is -2.11. The van der Waals surface area contributed by atoms with Crippen LogP contribution in [-0.2, 0) is 0 Å². The minimum Gasteiger partial charge on any atom is -0.505 e. The second-order valence-corrected chi connectivity index (χ2v) is 3.61. The highest BCUT2D eigenvalue weighted by Gasteiger charge is 2.18. The summed E-state index contributed by atoms with van der Waals surface area (Å²) < 4.78 is 18.7. The van der Waals surface area contributed by atoms with Gasteiger partial charge in [0.25, 0.3) is 0 Å².